The molecule has 156 valence electrons. The molecule has 1 aliphatic rings. The average Bonchev–Trinajstić information content (AvgIpc) is 2.84. The Bertz CT molecular complexity index is 1140. The van der Waals surface area contributed by atoms with Crippen LogP contribution in [0.1, 0.15) is 12.5 Å². The molecule has 1 saturated heterocycles. The fraction of sp³-hybridized carbons (Fsp3) is 0.231. The number of anilines is 1. The molecule has 1 amide bonds. The molecule has 0 radical (unpaired) electrons. The summed E-state index contributed by atoms with van der Waals surface area (Å²) in [6.07, 6.45) is 1.68. The van der Waals surface area contributed by atoms with Crippen molar-refractivity contribution < 1.29 is 9.53 Å². The maximum absolute atomic E-state index is 13.2. The molecule has 1 fully saturated rings. The molecule has 0 saturated carbocycles. The van der Waals surface area contributed by atoms with E-state index >= 15 is 0 Å². The molecule has 3 aromatic carbocycles. The van der Waals surface area contributed by atoms with E-state index in [0.717, 1.165) is 35.1 Å². The van der Waals surface area contributed by atoms with Crippen molar-refractivity contribution in [3.8, 4) is 11.8 Å². The zero-order valence-electron chi connectivity index (χ0n) is 17.6. The van der Waals surface area contributed by atoms with E-state index < -0.39 is 0 Å². The highest BCUT2D eigenvalue weighted by atomic mass is 16.5. The molecule has 1 aliphatic heterocycles. The molecule has 5 heteroatoms. The van der Waals surface area contributed by atoms with Gasteiger partial charge in [-0.3, -0.25) is 4.79 Å². The van der Waals surface area contributed by atoms with Gasteiger partial charge in [-0.1, -0.05) is 48.5 Å². The van der Waals surface area contributed by atoms with E-state index in [1.165, 1.54) is 0 Å². The number of carbonyl (C=O) groups is 1. The molecule has 0 aromatic heterocycles. The number of amides is 1. The van der Waals surface area contributed by atoms with Crippen LogP contribution in [0.15, 0.2) is 72.3 Å². The van der Waals surface area contributed by atoms with Gasteiger partial charge in [0.05, 0.1) is 6.61 Å². The van der Waals surface area contributed by atoms with Gasteiger partial charge in [-0.25, -0.2) is 0 Å². The van der Waals surface area contributed by atoms with Gasteiger partial charge in [0, 0.05) is 37.4 Å². The molecule has 0 atom stereocenters. The van der Waals surface area contributed by atoms with Gasteiger partial charge in [0.1, 0.15) is 17.4 Å². The highest BCUT2D eigenvalue weighted by Crippen LogP contribution is 2.30. The number of fused-ring (bicyclic) bond motifs is 1. The lowest BCUT2D eigenvalue weighted by molar-refractivity contribution is -0.126. The first-order valence-corrected chi connectivity index (χ1v) is 10.6. The fourth-order valence-electron chi connectivity index (χ4n) is 3.97. The van der Waals surface area contributed by atoms with Gasteiger partial charge in [-0.15, -0.1) is 0 Å². The fourth-order valence-corrected chi connectivity index (χ4v) is 3.97. The number of carbonyl (C=O) groups excluding carboxylic acids is 1. The van der Waals surface area contributed by atoms with Crippen molar-refractivity contribution in [2.24, 2.45) is 0 Å². The first-order chi connectivity index (χ1) is 15.2. The smallest absolute Gasteiger partial charge is 0.264 e. The van der Waals surface area contributed by atoms with E-state index in [2.05, 4.69) is 23.1 Å². The van der Waals surface area contributed by atoms with Crippen LogP contribution in [0.4, 0.5) is 5.69 Å². The van der Waals surface area contributed by atoms with Crippen LogP contribution in [-0.2, 0) is 4.79 Å². The highest BCUT2D eigenvalue weighted by molar-refractivity contribution is 6.05. The quantitative estimate of drug-likeness (QED) is 0.458. The molecule has 0 N–H and O–H groups in total. The van der Waals surface area contributed by atoms with Gasteiger partial charge in [0.25, 0.3) is 5.91 Å². The molecule has 31 heavy (non-hydrogen) atoms. The lowest BCUT2D eigenvalue weighted by atomic mass is 10.0. The molecule has 3 aromatic rings. The van der Waals surface area contributed by atoms with Gasteiger partial charge in [-0.05, 0) is 42.0 Å². The van der Waals surface area contributed by atoms with Gasteiger partial charge in [0.2, 0.25) is 0 Å². The van der Waals surface area contributed by atoms with E-state index in [0.29, 0.717) is 25.4 Å². The number of hydrogen-bond acceptors (Lipinski definition) is 4. The Balaban J connectivity index is 1.59. The zero-order valence-corrected chi connectivity index (χ0v) is 17.6. The second-order valence-electron chi connectivity index (χ2n) is 7.42. The lowest BCUT2D eigenvalue weighted by Gasteiger charge is -2.36. The summed E-state index contributed by atoms with van der Waals surface area (Å²) in [5.41, 5.74) is 2.06. The molecule has 0 bridgehead atoms. The molecule has 1 heterocycles. The summed E-state index contributed by atoms with van der Waals surface area (Å²) in [5, 5.41) is 11.8. The third-order valence-electron chi connectivity index (χ3n) is 5.56. The zero-order chi connectivity index (χ0) is 21.6. The first kappa shape index (κ1) is 20.5. The summed E-state index contributed by atoms with van der Waals surface area (Å²) in [4.78, 5) is 17.2. The third-order valence-corrected chi connectivity index (χ3v) is 5.56. The number of piperazine rings is 1. The first-order valence-electron chi connectivity index (χ1n) is 10.6. The van der Waals surface area contributed by atoms with Crippen molar-refractivity contribution in [2.75, 3.05) is 37.7 Å². The molecule has 0 aliphatic carbocycles. The van der Waals surface area contributed by atoms with Crippen molar-refractivity contribution >= 4 is 28.4 Å². The van der Waals surface area contributed by atoms with Crippen LogP contribution in [0.2, 0.25) is 0 Å². The Morgan fingerprint density at radius 1 is 1.00 bits per heavy atom. The van der Waals surface area contributed by atoms with Crippen molar-refractivity contribution in [1.29, 1.82) is 5.26 Å². The summed E-state index contributed by atoms with van der Waals surface area (Å²) in [7, 11) is 0. The Morgan fingerprint density at radius 3 is 2.42 bits per heavy atom. The number of ether oxygens (including phenoxy) is 1. The third kappa shape index (κ3) is 4.39. The van der Waals surface area contributed by atoms with Gasteiger partial charge in [0.15, 0.2) is 0 Å². The number of benzene rings is 3. The van der Waals surface area contributed by atoms with Gasteiger partial charge in [-0.2, -0.15) is 5.26 Å². The summed E-state index contributed by atoms with van der Waals surface area (Å²) in [6.45, 7) is 5.09. The summed E-state index contributed by atoms with van der Waals surface area (Å²) < 4.78 is 5.79. The minimum absolute atomic E-state index is 0.130. The van der Waals surface area contributed by atoms with E-state index in [9.17, 15) is 10.1 Å². The van der Waals surface area contributed by atoms with Crippen molar-refractivity contribution in [3.63, 3.8) is 0 Å². The second-order valence-corrected chi connectivity index (χ2v) is 7.42. The molecule has 4 rings (SSSR count). The van der Waals surface area contributed by atoms with Crippen LogP contribution in [0.25, 0.3) is 16.8 Å². The van der Waals surface area contributed by atoms with Crippen LogP contribution in [-0.4, -0.2) is 43.6 Å². The van der Waals surface area contributed by atoms with E-state index in [1.54, 1.807) is 11.0 Å². The standard InChI is InChI=1S/C26H25N3O2/c1-2-31-25-13-12-20-8-6-7-11-23(20)24(25)18-21(19-27)26(30)29-16-14-28(15-17-29)22-9-4-3-5-10-22/h3-13,18H,2,14-17H2,1H3. The topological polar surface area (TPSA) is 56.6 Å². The number of nitriles is 1. The molecule has 0 spiro atoms. The summed E-state index contributed by atoms with van der Waals surface area (Å²) in [6, 6.07) is 24.1. The largest absolute Gasteiger partial charge is 0.493 e. The number of rotatable bonds is 5. The molecular formula is C26H25N3O2. The Kier molecular flexibility index (Phi) is 6.18. The van der Waals surface area contributed by atoms with Crippen LogP contribution in [0.3, 0.4) is 0 Å². The molecule has 0 unspecified atom stereocenters. The number of para-hydroxylation sites is 1. The Hall–Kier alpha value is -3.78. The lowest BCUT2D eigenvalue weighted by Crippen LogP contribution is -2.49. The predicted molar refractivity (Wildman–Crippen MR) is 124 cm³/mol. The normalized spacial score (nSPS) is 14.4. The van der Waals surface area contributed by atoms with Crippen LogP contribution >= 0.6 is 0 Å². The minimum Gasteiger partial charge on any atom is -0.493 e. The maximum atomic E-state index is 13.2. The molecule has 5 nitrogen and oxygen atoms in total. The SMILES string of the molecule is CCOc1ccc2ccccc2c1C=C(C#N)C(=O)N1CCN(c2ccccc2)CC1. The maximum Gasteiger partial charge on any atom is 0.264 e. The van der Waals surface area contributed by atoms with E-state index in [-0.39, 0.29) is 11.5 Å². The van der Waals surface area contributed by atoms with Crippen molar-refractivity contribution in [1.82, 2.24) is 4.90 Å². The number of nitrogens with zero attached hydrogens (tertiary/aromatic N) is 3. The van der Waals surface area contributed by atoms with E-state index in [4.69, 9.17) is 4.74 Å². The van der Waals surface area contributed by atoms with Crippen LogP contribution in [0, 0.1) is 11.3 Å². The van der Waals surface area contributed by atoms with Crippen molar-refractivity contribution in [3.05, 3.63) is 77.9 Å². The second kappa shape index (κ2) is 9.36. The predicted octanol–water partition coefficient (Wildman–Crippen LogP) is 4.49. The Labute approximate surface area is 182 Å². The average molecular weight is 412 g/mol. The van der Waals surface area contributed by atoms with E-state index in [1.807, 2.05) is 61.5 Å². The summed E-state index contributed by atoms with van der Waals surface area (Å²) >= 11 is 0. The highest BCUT2D eigenvalue weighted by Gasteiger charge is 2.24. The van der Waals surface area contributed by atoms with Gasteiger partial charge >= 0.3 is 0 Å². The van der Waals surface area contributed by atoms with Crippen LogP contribution in [0.5, 0.6) is 5.75 Å². The van der Waals surface area contributed by atoms with Crippen molar-refractivity contribution in [2.45, 2.75) is 6.92 Å². The van der Waals surface area contributed by atoms with Gasteiger partial charge < -0.3 is 14.5 Å². The Morgan fingerprint density at radius 2 is 1.71 bits per heavy atom. The minimum atomic E-state index is -0.231. The number of hydrogen-bond donors (Lipinski definition) is 0. The van der Waals surface area contributed by atoms with Crippen LogP contribution < -0.4 is 9.64 Å². The summed E-state index contributed by atoms with van der Waals surface area (Å²) in [5.74, 6) is 0.446. The molecular weight excluding hydrogens is 386 g/mol. The monoisotopic (exact) mass is 411 g/mol.